The Bertz CT molecular complexity index is 673. The van der Waals surface area contributed by atoms with E-state index in [4.69, 9.17) is 0 Å². The fourth-order valence-electron chi connectivity index (χ4n) is 2.44. The van der Waals surface area contributed by atoms with Crippen LogP contribution in [0.5, 0.6) is 0 Å². The Morgan fingerprint density at radius 2 is 1.74 bits per heavy atom. The lowest BCUT2D eigenvalue weighted by atomic mass is 10.1. The Morgan fingerprint density at radius 1 is 1.22 bits per heavy atom. The summed E-state index contributed by atoms with van der Waals surface area (Å²) in [5.74, 6) is -2.30. The van der Waals surface area contributed by atoms with Gasteiger partial charge in [0.25, 0.3) is 0 Å². The summed E-state index contributed by atoms with van der Waals surface area (Å²) < 4.78 is 64.5. The summed E-state index contributed by atoms with van der Waals surface area (Å²) in [5, 5.41) is -0.836. The van der Waals surface area contributed by atoms with Gasteiger partial charge in [0.15, 0.2) is 9.84 Å². The van der Waals surface area contributed by atoms with E-state index in [1.165, 1.54) is 12.1 Å². The molecule has 23 heavy (non-hydrogen) atoms. The van der Waals surface area contributed by atoms with Gasteiger partial charge < -0.3 is 0 Å². The monoisotopic (exact) mass is 415 g/mol. The summed E-state index contributed by atoms with van der Waals surface area (Å²) in [7, 11) is -3.66. The Morgan fingerprint density at radius 3 is 2.22 bits per heavy atom. The van der Waals surface area contributed by atoms with Crippen LogP contribution >= 0.6 is 15.9 Å². The van der Waals surface area contributed by atoms with Crippen molar-refractivity contribution < 1.29 is 31.5 Å². The van der Waals surface area contributed by atoms with Crippen LogP contribution in [0.1, 0.15) is 12.8 Å². The molecule has 0 N–H and O–H groups in total. The van der Waals surface area contributed by atoms with E-state index >= 15 is 0 Å². The lowest BCUT2D eigenvalue weighted by molar-refractivity contribution is -0.238. The van der Waals surface area contributed by atoms with Crippen molar-refractivity contribution in [2.75, 3.05) is 13.1 Å². The van der Waals surface area contributed by atoms with Crippen molar-refractivity contribution in [3.8, 4) is 0 Å². The zero-order valence-electron chi connectivity index (χ0n) is 11.7. The van der Waals surface area contributed by atoms with Crippen LogP contribution in [-0.4, -0.2) is 43.7 Å². The largest absolute Gasteiger partial charge is 0.434 e. The number of nitrogens with zero attached hydrogens (tertiary/aromatic N) is 1. The minimum absolute atomic E-state index is 0.0897. The number of hydrogen-bond donors (Lipinski definition) is 0. The maximum atomic E-state index is 13.6. The summed E-state index contributed by atoms with van der Waals surface area (Å²) in [6, 6.07) is 1.91. The van der Waals surface area contributed by atoms with Crippen molar-refractivity contribution in [1.29, 1.82) is 0 Å². The van der Waals surface area contributed by atoms with Gasteiger partial charge in [-0.25, -0.2) is 23.1 Å². The molecule has 0 aromatic heterocycles. The van der Waals surface area contributed by atoms with Gasteiger partial charge in [-0.05, 0) is 37.1 Å². The zero-order valence-corrected chi connectivity index (χ0v) is 14.1. The highest BCUT2D eigenvalue weighted by atomic mass is 79.9. The number of piperidine rings is 1. The number of benzene rings is 1. The maximum absolute atomic E-state index is 13.6. The van der Waals surface area contributed by atoms with Crippen LogP contribution < -0.4 is 0 Å². The average molecular weight is 416 g/mol. The van der Waals surface area contributed by atoms with Crippen LogP contribution in [0.15, 0.2) is 33.6 Å². The Hall–Kier alpha value is -1.13. The van der Waals surface area contributed by atoms with E-state index in [9.17, 15) is 26.5 Å². The van der Waals surface area contributed by atoms with Gasteiger partial charge in [-0.3, -0.25) is 0 Å². The van der Waals surface area contributed by atoms with E-state index < -0.39 is 27.1 Å². The predicted molar refractivity (Wildman–Crippen MR) is 78.1 cm³/mol. The van der Waals surface area contributed by atoms with Crippen LogP contribution in [0.3, 0.4) is 0 Å². The van der Waals surface area contributed by atoms with Crippen molar-refractivity contribution in [1.82, 2.24) is 4.90 Å². The third kappa shape index (κ3) is 3.69. The van der Waals surface area contributed by atoms with Crippen LogP contribution in [0.25, 0.3) is 0 Å². The minimum Gasteiger partial charge on any atom is -0.246 e. The number of halogens is 4. The van der Waals surface area contributed by atoms with Crippen molar-refractivity contribution in [3.63, 3.8) is 0 Å². The Kier molecular flexibility index (Phi) is 5.37. The molecule has 1 fully saturated rings. The fraction of sp³-hybridized carbons (Fsp3) is 0.462. The second-order valence-corrected chi connectivity index (χ2v) is 8.23. The Labute approximate surface area is 139 Å². The molecule has 0 bridgehead atoms. The summed E-state index contributed by atoms with van der Waals surface area (Å²) in [5.41, 5.74) is 0. The van der Waals surface area contributed by atoms with Gasteiger partial charge >= 0.3 is 12.0 Å². The standard InChI is InChI=1S/C13H13BrF3NO4S/c14-9-1-3-10(4-2-9)23(20,21)11-5-7-18(8-6-11)13(15,16)12(19)22-17/h1-4,11H,5-8H2. The first-order valence-corrected chi connectivity index (χ1v) is 8.99. The van der Waals surface area contributed by atoms with Gasteiger partial charge in [-0.15, -0.1) is 0 Å². The normalized spacial score (nSPS) is 17.9. The lowest BCUT2D eigenvalue weighted by Gasteiger charge is -2.34. The molecule has 1 aliphatic heterocycles. The molecule has 5 nitrogen and oxygen atoms in total. The molecule has 1 aromatic carbocycles. The number of likely N-dealkylation sites (tertiary alicyclic amines) is 1. The summed E-state index contributed by atoms with van der Waals surface area (Å²) in [6.45, 7) is -0.717. The molecule has 0 atom stereocenters. The smallest absolute Gasteiger partial charge is 0.246 e. The van der Waals surface area contributed by atoms with Gasteiger partial charge in [-0.1, -0.05) is 15.9 Å². The van der Waals surface area contributed by atoms with Gasteiger partial charge in [0.05, 0.1) is 10.1 Å². The van der Waals surface area contributed by atoms with Crippen molar-refractivity contribution in [2.45, 2.75) is 29.0 Å². The molecule has 0 spiro atoms. The molecule has 1 aliphatic rings. The minimum atomic E-state index is -4.11. The van der Waals surface area contributed by atoms with E-state index in [-0.39, 0.29) is 30.8 Å². The quantitative estimate of drug-likeness (QED) is 0.707. The molecule has 1 saturated heterocycles. The van der Waals surface area contributed by atoms with Crippen molar-refractivity contribution >= 4 is 31.7 Å². The lowest BCUT2D eigenvalue weighted by Crippen LogP contribution is -2.52. The van der Waals surface area contributed by atoms with E-state index in [0.29, 0.717) is 4.90 Å². The third-order valence-electron chi connectivity index (χ3n) is 3.74. The van der Waals surface area contributed by atoms with Crippen LogP contribution in [-0.2, 0) is 19.6 Å². The third-order valence-corrected chi connectivity index (χ3v) is 6.54. The molecule has 0 unspecified atom stereocenters. The molecule has 0 aliphatic carbocycles. The highest BCUT2D eigenvalue weighted by Crippen LogP contribution is 2.30. The maximum Gasteiger partial charge on any atom is 0.434 e. The van der Waals surface area contributed by atoms with Gasteiger partial charge in [0.2, 0.25) is 0 Å². The number of carbonyl (C=O) groups excluding carboxylic acids is 1. The predicted octanol–water partition coefficient (Wildman–Crippen LogP) is 2.71. The average Bonchev–Trinajstić information content (AvgIpc) is 2.54. The van der Waals surface area contributed by atoms with E-state index in [1.807, 2.05) is 0 Å². The van der Waals surface area contributed by atoms with Gasteiger partial charge in [-0.2, -0.15) is 8.78 Å². The first-order valence-electron chi connectivity index (χ1n) is 6.65. The van der Waals surface area contributed by atoms with Gasteiger partial charge in [0.1, 0.15) is 0 Å². The highest BCUT2D eigenvalue weighted by molar-refractivity contribution is 9.10. The second kappa shape index (κ2) is 6.78. The SMILES string of the molecule is O=C(OF)C(F)(F)N1CCC(S(=O)(=O)c2ccc(Br)cc2)CC1. The number of carbonyl (C=O) groups is 1. The molecule has 0 saturated carbocycles. The van der Waals surface area contributed by atoms with E-state index in [1.54, 1.807) is 12.1 Å². The fourth-order valence-corrected chi connectivity index (χ4v) is 4.44. The molecular formula is C13H13BrF3NO4S. The van der Waals surface area contributed by atoms with Crippen LogP contribution in [0, 0.1) is 0 Å². The molecule has 128 valence electrons. The topological polar surface area (TPSA) is 63.7 Å². The number of hydrogen-bond acceptors (Lipinski definition) is 5. The first-order chi connectivity index (χ1) is 10.7. The summed E-state index contributed by atoms with van der Waals surface area (Å²) in [4.78, 5) is 13.9. The van der Waals surface area contributed by atoms with Crippen LogP contribution in [0.2, 0.25) is 0 Å². The van der Waals surface area contributed by atoms with Crippen molar-refractivity contribution in [2.24, 2.45) is 0 Å². The summed E-state index contributed by atoms with van der Waals surface area (Å²) in [6.07, 6.45) is -0.179. The number of sulfone groups is 1. The van der Waals surface area contributed by atoms with E-state index in [2.05, 4.69) is 20.9 Å². The second-order valence-electron chi connectivity index (χ2n) is 5.09. The van der Waals surface area contributed by atoms with Gasteiger partial charge in [0, 0.05) is 22.1 Å². The van der Waals surface area contributed by atoms with E-state index in [0.717, 1.165) is 4.47 Å². The van der Waals surface area contributed by atoms with Crippen LogP contribution in [0.4, 0.5) is 13.3 Å². The molecule has 0 amide bonds. The Balaban J connectivity index is 2.09. The molecule has 1 aromatic rings. The molecule has 2 rings (SSSR count). The first kappa shape index (κ1) is 18.2. The molecule has 1 heterocycles. The molecule has 10 heteroatoms. The number of alkyl halides is 2. The molecular weight excluding hydrogens is 403 g/mol. The summed E-state index contributed by atoms with van der Waals surface area (Å²) >= 11 is 3.20. The highest BCUT2D eigenvalue weighted by Gasteiger charge is 2.50. The molecule has 0 radical (unpaired) electrons. The number of rotatable bonds is 4. The van der Waals surface area contributed by atoms with Crippen molar-refractivity contribution in [3.05, 3.63) is 28.7 Å². The zero-order chi connectivity index (χ0) is 17.3.